The molecule has 0 radical (unpaired) electrons. The Morgan fingerprint density at radius 2 is 2.00 bits per heavy atom. The van der Waals surface area contributed by atoms with Crippen LogP contribution in [0.25, 0.3) is 0 Å². The van der Waals surface area contributed by atoms with Gasteiger partial charge in [-0.3, -0.25) is 0 Å². The van der Waals surface area contributed by atoms with Crippen LogP contribution in [0.3, 0.4) is 0 Å². The molecule has 0 bridgehead atoms. The number of rotatable bonds is 3. The molecule has 0 amide bonds. The summed E-state index contributed by atoms with van der Waals surface area (Å²) in [6, 6.07) is 8.54. The Morgan fingerprint density at radius 1 is 1.11 bits per heavy atom. The number of thioether (sulfide) groups is 2. The van der Waals surface area contributed by atoms with E-state index in [1.165, 1.54) is 29.9 Å². The Labute approximate surface area is 123 Å². The van der Waals surface area contributed by atoms with Crippen LogP contribution < -0.4 is 4.74 Å². The Bertz CT molecular complexity index is 399. The van der Waals surface area contributed by atoms with E-state index in [0.717, 1.165) is 25.2 Å². The molecular weight excluding hydrogens is 276 g/mol. The molecule has 2 aliphatic rings. The molecule has 3 rings (SSSR count). The quantitative estimate of drug-likeness (QED) is 0.819. The van der Waals surface area contributed by atoms with Crippen LogP contribution in [0, 0.1) is 0 Å². The van der Waals surface area contributed by atoms with Gasteiger partial charge in [0, 0.05) is 6.42 Å². The number of ether oxygens (including phenoxy) is 2. The predicted octanol–water partition coefficient (Wildman–Crippen LogP) is 4.46. The molecule has 1 atom stereocenters. The van der Waals surface area contributed by atoms with Crippen molar-refractivity contribution in [2.24, 2.45) is 0 Å². The van der Waals surface area contributed by atoms with E-state index in [1.807, 2.05) is 29.6 Å². The zero-order valence-corrected chi connectivity index (χ0v) is 12.7. The maximum Gasteiger partial charge on any atom is 0.199 e. The largest absolute Gasteiger partial charge is 0.465 e. The molecule has 1 unspecified atom stereocenters. The first-order valence-corrected chi connectivity index (χ1v) is 9.13. The smallest absolute Gasteiger partial charge is 0.199 e. The summed E-state index contributed by atoms with van der Waals surface area (Å²) in [5.41, 5.74) is 1.38. The van der Waals surface area contributed by atoms with Crippen LogP contribution in [0.1, 0.15) is 35.8 Å². The van der Waals surface area contributed by atoms with E-state index < -0.39 is 0 Å². The lowest BCUT2D eigenvalue weighted by Gasteiger charge is -2.25. The molecule has 0 aliphatic carbocycles. The van der Waals surface area contributed by atoms with E-state index in [9.17, 15) is 0 Å². The molecule has 0 N–H and O–H groups in total. The zero-order valence-electron chi connectivity index (χ0n) is 11.0. The first-order chi connectivity index (χ1) is 9.42. The Kier molecular flexibility index (Phi) is 4.97. The maximum absolute atomic E-state index is 5.95. The third kappa shape index (κ3) is 3.83. The Balaban J connectivity index is 1.64. The van der Waals surface area contributed by atoms with Gasteiger partial charge in [-0.25, -0.2) is 0 Å². The lowest BCUT2D eigenvalue weighted by atomic mass is 10.2. The highest BCUT2D eigenvalue weighted by Gasteiger charge is 2.19. The van der Waals surface area contributed by atoms with Gasteiger partial charge in [0.05, 0.1) is 11.2 Å². The highest BCUT2D eigenvalue weighted by molar-refractivity contribution is 8.16. The molecule has 0 aromatic heterocycles. The van der Waals surface area contributed by atoms with Crippen molar-refractivity contribution in [2.75, 3.05) is 18.1 Å². The summed E-state index contributed by atoms with van der Waals surface area (Å²) in [5, 5.41) is 0. The molecule has 0 saturated carbocycles. The van der Waals surface area contributed by atoms with Crippen molar-refractivity contribution in [2.45, 2.75) is 36.6 Å². The van der Waals surface area contributed by atoms with E-state index in [0.29, 0.717) is 4.58 Å². The molecule has 1 aromatic rings. The van der Waals surface area contributed by atoms with E-state index in [-0.39, 0.29) is 6.29 Å². The monoisotopic (exact) mass is 296 g/mol. The van der Waals surface area contributed by atoms with Crippen molar-refractivity contribution in [1.82, 2.24) is 0 Å². The molecule has 19 heavy (non-hydrogen) atoms. The molecule has 104 valence electrons. The number of hydrogen-bond acceptors (Lipinski definition) is 4. The SMILES string of the molecule is c1cc(OC2CCCCO2)cc(C2SCCCS2)c1. The van der Waals surface area contributed by atoms with Crippen LogP contribution in [0.5, 0.6) is 5.75 Å². The zero-order chi connectivity index (χ0) is 12.9. The van der Waals surface area contributed by atoms with Crippen molar-refractivity contribution in [3.05, 3.63) is 29.8 Å². The topological polar surface area (TPSA) is 18.5 Å². The van der Waals surface area contributed by atoms with Gasteiger partial charge in [-0.2, -0.15) is 0 Å². The standard InChI is InChI=1S/C15H20O2S2/c1-2-8-16-14(7-1)17-13-6-3-5-12(11-13)15-18-9-4-10-19-15/h3,5-6,11,14-15H,1-2,4,7-10H2. The number of hydrogen-bond donors (Lipinski definition) is 0. The van der Waals surface area contributed by atoms with E-state index in [4.69, 9.17) is 9.47 Å². The maximum atomic E-state index is 5.95. The molecule has 1 aromatic carbocycles. The molecule has 2 aliphatic heterocycles. The Hall–Kier alpha value is -0.320. The van der Waals surface area contributed by atoms with Gasteiger partial charge in [-0.15, -0.1) is 23.5 Å². The first kappa shape index (κ1) is 13.7. The first-order valence-electron chi connectivity index (χ1n) is 7.03. The van der Waals surface area contributed by atoms with Gasteiger partial charge >= 0.3 is 0 Å². The van der Waals surface area contributed by atoms with Gasteiger partial charge in [0.15, 0.2) is 6.29 Å². The van der Waals surface area contributed by atoms with Gasteiger partial charge in [0.25, 0.3) is 0 Å². The van der Waals surface area contributed by atoms with Crippen LogP contribution in [0.4, 0.5) is 0 Å². The van der Waals surface area contributed by atoms with Crippen molar-refractivity contribution in [1.29, 1.82) is 0 Å². The third-order valence-corrected chi connectivity index (χ3v) is 6.38. The lowest BCUT2D eigenvalue weighted by molar-refractivity contribution is -0.105. The van der Waals surface area contributed by atoms with Gasteiger partial charge in [-0.05, 0) is 48.5 Å². The van der Waals surface area contributed by atoms with Crippen molar-refractivity contribution in [3.8, 4) is 5.75 Å². The normalized spacial score (nSPS) is 25.2. The molecule has 4 heteroatoms. The molecule has 2 fully saturated rings. The second kappa shape index (κ2) is 6.91. The fourth-order valence-electron chi connectivity index (χ4n) is 2.37. The summed E-state index contributed by atoms with van der Waals surface area (Å²) in [6.07, 6.45) is 4.67. The van der Waals surface area contributed by atoms with Crippen LogP contribution in [0.2, 0.25) is 0 Å². The lowest BCUT2D eigenvalue weighted by Crippen LogP contribution is -2.25. The molecule has 0 spiro atoms. The molecular formula is C15H20O2S2. The van der Waals surface area contributed by atoms with Gasteiger partial charge < -0.3 is 9.47 Å². The summed E-state index contributed by atoms with van der Waals surface area (Å²) >= 11 is 4.09. The molecule has 2 heterocycles. The highest BCUT2D eigenvalue weighted by Crippen LogP contribution is 2.44. The van der Waals surface area contributed by atoms with Crippen molar-refractivity contribution < 1.29 is 9.47 Å². The summed E-state index contributed by atoms with van der Waals surface area (Å²) < 4.78 is 12.2. The van der Waals surface area contributed by atoms with Crippen molar-refractivity contribution in [3.63, 3.8) is 0 Å². The van der Waals surface area contributed by atoms with E-state index in [1.54, 1.807) is 0 Å². The minimum Gasteiger partial charge on any atom is -0.465 e. The summed E-state index contributed by atoms with van der Waals surface area (Å²) in [4.78, 5) is 0. The van der Waals surface area contributed by atoms with E-state index in [2.05, 4.69) is 18.2 Å². The van der Waals surface area contributed by atoms with Crippen LogP contribution >= 0.6 is 23.5 Å². The average Bonchev–Trinajstić information content (AvgIpc) is 2.49. The van der Waals surface area contributed by atoms with Gasteiger partial charge in [0.2, 0.25) is 0 Å². The van der Waals surface area contributed by atoms with Gasteiger partial charge in [-0.1, -0.05) is 12.1 Å². The fraction of sp³-hybridized carbons (Fsp3) is 0.600. The highest BCUT2D eigenvalue weighted by atomic mass is 32.2. The second-order valence-corrected chi connectivity index (χ2v) is 7.64. The van der Waals surface area contributed by atoms with Crippen LogP contribution in [-0.2, 0) is 4.74 Å². The van der Waals surface area contributed by atoms with Gasteiger partial charge in [0.1, 0.15) is 5.75 Å². The summed E-state index contributed by atoms with van der Waals surface area (Å²) in [7, 11) is 0. The summed E-state index contributed by atoms with van der Waals surface area (Å²) in [5.74, 6) is 3.50. The fourth-order valence-corrected chi connectivity index (χ4v) is 5.24. The van der Waals surface area contributed by atoms with Crippen LogP contribution in [0.15, 0.2) is 24.3 Å². The minimum absolute atomic E-state index is 0.0457. The van der Waals surface area contributed by atoms with Crippen molar-refractivity contribution >= 4 is 23.5 Å². The predicted molar refractivity (Wildman–Crippen MR) is 82.9 cm³/mol. The summed E-state index contributed by atoms with van der Waals surface area (Å²) in [6.45, 7) is 0.832. The second-order valence-electron chi connectivity index (χ2n) is 4.91. The minimum atomic E-state index is -0.0457. The van der Waals surface area contributed by atoms with Crippen LogP contribution in [-0.4, -0.2) is 24.4 Å². The third-order valence-electron chi connectivity index (χ3n) is 3.36. The number of benzene rings is 1. The molecule has 2 saturated heterocycles. The average molecular weight is 296 g/mol. The van der Waals surface area contributed by atoms with E-state index >= 15 is 0 Å². The Morgan fingerprint density at radius 3 is 2.79 bits per heavy atom. The molecule has 2 nitrogen and oxygen atoms in total.